The summed E-state index contributed by atoms with van der Waals surface area (Å²) in [4.78, 5) is 11.7. The van der Waals surface area contributed by atoms with Gasteiger partial charge in [-0.05, 0) is 129 Å². The fourth-order valence-electron chi connectivity index (χ4n) is 9.71. The van der Waals surface area contributed by atoms with E-state index in [0.717, 1.165) is 36.0 Å². The van der Waals surface area contributed by atoms with Gasteiger partial charge in [0.25, 0.3) is 0 Å². The molecule has 1 saturated heterocycles. The van der Waals surface area contributed by atoms with Gasteiger partial charge in [-0.15, -0.1) is 0 Å². The lowest BCUT2D eigenvalue weighted by molar-refractivity contribution is -0.155. The van der Waals surface area contributed by atoms with Crippen LogP contribution in [0.2, 0.25) is 18.1 Å². The third-order valence-corrected chi connectivity index (χ3v) is 17.2. The molecular formula is C30H52O3Si. The van der Waals surface area contributed by atoms with E-state index in [-0.39, 0.29) is 5.97 Å². The van der Waals surface area contributed by atoms with Gasteiger partial charge in [-0.1, -0.05) is 34.6 Å². The zero-order valence-corrected chi connectivity index (χ0v) is 24.3. The molecule has 34 heavy (non-hydrogen) atoms. The van der Waals surface area contributed by atoms with Gasteiger partial charge in [-0.25, -0.2) is 0 Å². The molecule has 9 atom stereocenters. The zero-order valence-electron chi connectivity index (χ0n) is 23.3. The van der Waals surface area contributed by atoms with Crippen LogP contribution >= 0.6 is 0 Å². The molecule has 0 radical (unpaired) electrons. The molecule has 4 saturated carbocycles. The van der Waals surface area contributed by atoms with E-state index in [0.29, 0.717) is 40.9 Å². The Balaban J connectivity index is 1.28. The molecular weight excluding hydrogens is 436 g/mol. The van der Waals surface area contributed by atoms with Crippen molar-refractivity contribution < 1.29 is 14.0 Å². The Morgan fingerprint density at radius 2 is 1.56 bits per heavy atom. The first-order chi connectivity index (χ1) is 15.8. The minimum absolute atomic E-state index is 0.0269. The van der Waals surface area contributed by atoms with Crippen LogP contribution in [0.4, 0.5) is 0 Å². The second kappa shape index (κ2) is 8.60. The second-order valence-electron chi connectivity index (χ2n) is 15.1. The highest BCUT2D eigenvalue weighted by Gasteiger charge is 2.61. The van der Waals surface area contributed by atoms with Crippen molar-refractivity contribution in [2.24, 2.45) is 46.3 Å². The highest BCUT2D eigenvalue weighted by atomic mass is 28.4. The molecule has 1 heterocycles. The minimum atomic E-state index is -1.70. The van der Waals surface area contributed by atoms with Gasteiger partial charge in [0.2, 0.25) is 0 Å². The van der Waals surface area contributed by atoms with E-state index in [1.807, 2.05) is 0 Å². The van der Waals surface area contributed by atoms with Gasteiger partial charge >= 0.3 is 5.97 Å². The molecule has 0 bridgehead atoms. The SMILES string of the molecule is CC(C)(C)[Si](C)(C)O[C@H]1CC[C@@]2(C)[C@H](CC[C@H]3[C@H]4CC[C@H]([C@H]5CCC(=O)OC5)[C@@]4(C)CC[C@@H]32)C1. The Labute approximate surface area is 210 Å². The van der Waals surface area contributed by atoms with Crippen molar-refractivity contribution in [1.29, 1.82) is 0 Å². The van der Waals surface area contributed by atoms with Crippen molar-refractivity contribution >= 4 is 14.3 Å². The van der Waals surface area contributed by atoms with E-state index in [2.05, 4.69) is 47.7 Å². The van der Waals surface area contributed by atoms with Crippen LogP contribution in [0.3, 0.4) is 0 Å². The summed E-state index contributed by atoms with van der Waals surface area (Å²) in [7, 11) is -1.70. The number of hydrogen-bond donors (Lipinski definition) is 0. The average Bonchev–Trinajstić information content (AvgIpc) is 3.11. The summed E-state index contributed by atoms with van der Waals surface area (Å²) in [5.41, 5.74) is 0.997. The van der Waals surface area contributed by atoms with Gasteiger partial charge in [0.1, 0.15) is 0 Å². The van der Waals surface area contributed by atoms with E-state index in [9.17, 15) is 4.79 Å². The molecule has 0 spiro atoms. The molecule has 0 amide bonds. The smallest absolute Gasteiger partial charge is 0.305 e. The molecule has 0 aromatic heterocycles. The number of hydrogen-bond acceptors (Lipinski definition) is 3. The van der Waals surface area contributed by atoms with Crippen molar-refractivity contribution in [3.05, 3.63) is 0 Å². The first-order valence-corrected chi connectivity index (χ1v) is 17.6. The van der Waals surface area contributed by atoms with Crippen molar-refractivity contribution in [3.8, 4) is 0 Å². The standard InChI is InChI=1S/C30H52O3Si/c1-28(2,3)34(6,7)33-22-14-16-29(4)21(18-22)9-10-23-25-12-11-24(20-8-13-27(31)32-19-20)30(25,5)17-15-26(23)29/h20-26H,8-19H2,1-7H3/t20-,21+,22-,23-,24+,25+,26-,29-,30+/m0/s1. The van der Waals surface area contributed by atoms with Gasteiger partial charge in [0, 0.05) is 12.5 Å². The van der Waals surface area contributed by atoms with E-state index >= 15 is 0 Å². The molecule has 3 nitrogen and oxygen atoms in total. The van der Waals surface area contributed by atoms with Crippen LogP contribution in [0.5, 0.6) is 0 Å². The predicted octanol–water partition coefficient (Wildman–Crippen LogP) is 7.99. The number of rotatable bonds is 3. The maximum absolute atomic E-state index is 11.7. The largest absolute Gasteiger partial charge is 0.465 e. The second-order valence-corrected chi connectivity index (χ2v) is 19.9. The summed E-state index contributed by atoms with van der Waals surface area (Å²) < 4.78 is 12.5. The summed E-state index contributed by atoms with van der Waals surface area (Å²) in [6, 6.07) is 0. The van der Waals surface area contributed by atoms with Gasteiger partial charge < -0.3 is 9.16 Å². The lowest BCUT2D eigenvalue weighted by Gasteiger charge is -2.61. The van der Waals surface area contributed by atoms with Crippen LogP contribution in [0.1, 0.15) is 105 Å². The normalized spacial score (nSPS) is 47.4. The number of cyclic esters (lactones) is 1. The Bertz CT molecular complexity index is 776. The molecule has 5 rings (SSSR count). The van der Waals surface area contributed by atoms with Crippen molar-refractivity contribution in [1.82, 2.24) is 0 Å². The Hall–Kier alpha value is -0.353. The predicted molar refractivity (Wildman–Crippen MR) is 141 cm³/mol. The first-order valence-electron chi connectivity index (χ1n) is 14.7. The van der Waals surface area contributed by atoms with Gasteiger partial charge in [-0.2, -0.15) is 0 Å². The van der Waals surface area contributed by atoms with E-state index in [1.54, 1.807) is 0 Å². The number of esters is 1. The highest BCUT2D eigenvalue weighted by Crippen LogP contribution is 2.68. The van der Waals surface area contributed by atoms with Crippen LogP contribution in [-0.4, -0.2) is 27.0 Å². The summed E-state index contributed by atoms with van der Waals surface area (Å²) in [6.07, 6.45) is 14.7. The Morgan fingerprint density at radius 1 is 0.882 bits per heavy atom. The third-order valence-electron chi connectivity index (χ3n) is 12.7. The van der Waals surface area contributed by atoms with Crippen LogP contribution < -0.4 is 0 Å². The van der Waals surface area contributed by atoms with E-state index in [4.69, 9.17) is 9.16 Å². The van der Waals surface area contributed by atoms with Crippen molar-refractivity contribution in [2.75, 3.05) is 6.61 Å². The molecule has 0 N–H and O–H groups in total. The molecule has 0 aromatic rings. The molecule has 5 fully saturated rings. The molecule has 1 aliphatic heterocycles. The molecule has 4 heteroatoms. The first kappa shape index (κ1) is 25.3. The minimum Gasteiger partial charge on any atom is -0.465 e. The molecule has 4 aliphatic carbocycles. The fourth-order valence-corrected chi connectivity index (χ4v) is 11.1. The van der Waals surface area contributed by atoms with Gasteiger partial charge in [0.15, 0.2) is 8.32 Å². The quantitative estimate of drug-likeness (QED) is 0.298. The molecule has 5 aliphatic rings. The lowest BCUT2D eigenvalue weighted by Crippen LogP contribution is -2.55. The Kier molecular flexibility index (Phi) is 6.40. The summed E-state index contributed by atoms with van der Waals surface area (Å²) >= 11 is 0. The molecule has 194 valence electrons. The van der Waals surface area contributed by atoms with Crippen molar-refractivity contribution in [3.63, 3.8) is 0 Å². The van der Waals surface area contributed by atoms with Gasteiger partial charge in [0.05, 0.1) is 6.61 Å². The lowest BCUT2D eigenvalue weighted by atomic mass is 9.44. The number of fused-ring (bicyclic) bond motifs is 5. The summed E-state index contributed by atoms with van der Waals surface area (Å²) in [6.45, 7) is 18.0. The number of carbonyl (C=O) groups is 1. The van der Waals surface area contributed by atoms with E-state index in [1.165, 1.54) is 57.8 Å². The summed E-state index contributed by atoms with van der Waals surface area (Å²) in [5, 5.41) is 0.301. The maximum Gasteiger partial charge on any atom is 0.305 e. The zero-order chi connectivity index (χ0) is 24.5. The third kappa shape index (κ3) is 4.05. The number of ether oxygens (including phenoxy) is 1. The van der Waals surface area contributed by atoms with Crippen molar-refractivity contribution in [2.45, 2.75) is 129 Å². The molecule has 0 unspecified atom stereocenters. The van der Waals surface area contributed by atoms with Gasteiger partial charge in [-0.3, -0.25) is 4.79 Å². The van der Waals surface area contributed by atoms with Crippen LogP contribution in [0, 0.1) is 46.3 Å². The fraction of sp³-hybridized carbons (Fsp3) is 0.967. The monoisotopic (exact) mass is 488 g/mol. The highest BCUT2D eigenvalue weighted by molar-refractivity contribution is 6.74. The van der Waals surface area contributed by atoms with Crippen LogP contribution in [-0.2, 0) is 14.0 Å². The van der Waals surface area contributed by atoms with Crippen LogP contribution in [0.25, 0.3) is 0 Å². The molecule has 0 aromatic carbocycles. The topological polar surface area (TPSA) is 35.5 Å². The van der Waals surface area contributed by atoms with Crippen LogP contribution in [0.15, 0.2) is 0 Å². The Morgan fingerprint density at radius 3 is 2.24 bits per heavy atom. The summed E-state index contributed by atoms with van der Waals surface area (Å²) in [5.74, 6) is 5.00. The average molecular weight is 489 g/mol. The number of carbonyl (C=O) groups excluding carboxylic acids is 1. The van der Waals surface area contributed by atoms with E-state index < -0.39 is 8.32 Å². The maximum atomic E-state index is 11.7.